The summed E-state index contributed by atoms with van der Waals surface area (Å²) >= 11 is 0. The molecule has 0 fully saturated rings. The summed E-state index contributed by atoms with van der Waals surface area (Å²) in [7, 11) is 0. The zero-order chi connectivity index (χ0) is 12.0. The van der Waals surface area contributed by atoms with E-state index in [9.17, 15) is 9.59 Å². The largest absolute Gasteiger partial charge is 0.478 e. The molecule has 0 radical (unpaired) electrons. The molecule has 0 bridgehead atoms. The van der Waals surface area contributed by atoms with Crippen molar-refractivity contribution in [3.05, 3.63) is 34.9 Å². The zero-order valence-corrected chi connectivity index (χ0v) is 8.94. The monoisotopic (exact) mass is 210 g/mol. The molecule has 0 unspecified atom stereocenters. The van der Waals surface area contributed by atoms with E-state index in [2.05, 4.69) is 0 Å². The fourth-order valence-corrected chi connectivity index (χ4v) is 1.13. The first-order valence-corrected chi connectivity index (χ1v) is 4.60. The minimum Gasteiger partial charge on any atom is -0.478 e. The van der Waals surface area contributed by atoms with E-state index < -0.39 is 11.9 Å². The number of hydrogen-bond donors (Lipinski definition) is 2. The van der Waals surface area contributed by atoms with Gasteiger partial charge in [-0.15, -0.1) is 0 Å². The molecule has 82 valence electrons. The van der Waals surface area contributed by atoms with Crippen LogP contribution in [-0.2, 0) is 0 Å². The Morgan fingerprint density at radius 1 is 1.07 bits per heavy atom. The van der Waals surface area contributed by atoms with Crippen LogP contribution in [0, 0.1) is 6.92 Å². The highest BCUT2D eigenvalue weighted by atomic mass is 16.4. The summed E-state index contributed by atoms with van der Waals surface area (Å²) in [5, 5.41) is 17.4. The Bertz CT molecular complexity index is 369. The zero-order valence-electron chi connectivity index (χ0n) is 8.94. The van der Waals surface area contributed by atoms with E-state index in [1.165, 1.54) is 12.1 Å². The first-order chi connectivity index (χ1) is 7.04. The van der Waals surface area contributed by atoms with E-state index in [4.69, 9.17) is 10.2 Å². The molecule has 0 atom stereocenters. The third-order valence-corrected chi connectivity index (χ3v) is 1.72. The highest BCUT2D eigenvalue weighted by Gasteiger charge is 2.17. The molecular weight excluding hydrogens is 196 g/mol. The van der Waals surface area contributed by atoms with Gasteiger partial charge in [-0.25, -0.2) is 9.59 Å². The molecule has 15 heavy (non-hydrogen) atoms. The van der Waals surface area contributed by atoms with Gasteiger partial charge in [-0.2, -0.15) is 0 Å². The summed E-state index contributed by atoms with van der Waals surface area (Å²) in [5.74, 6) is -2.43. The van der Waals surface area contributed by atoms with Gasteiger partial charge in [0.15, 0.2) is 0 Å². The second kappa shape index (κ2) is 5.80. The number of aryl methyl sites for hydroxylation is 1. The molecule has 0 saturated heterocycles. The Morgan fingerprint density at radius 3 is 1.93 bits per heavy atom. The molecule has 0 amide bonds. The summed E-state index contributed by atoms with van der Waals surface area (Å²) in [6.45, 7) is 5.57. The lowest BCUT2D eigenvalue weighted by Gasteiger charge is -2.03. The lowest BCUT2D eigenvalue weighted by Crippen LogP contribution is -2.09. The van der Waals surface area contributed by atoms with Crippen LogP contribution in [0.2, 0.25) is 0 Å². The van der Waals surface area contributed by atoms with Crippen molar-refractivity contribution < 1.29 is 19.8 Å². The summed E-state index contributed by atoms with van der Waals surface area (Å²) in [4.78, 5) is 21.3. The van der Waals surface area contributed by atoms with Crippen LogP contribution >= 0.6 is 0 Å². The molecule has 0 aliphatic heterocycles. The van der Waals surface area contributed by atoms with Crippen molar-refractivity contribution in [3.8, 4) is 0 Å². The van der Waals surface area contributed by atoms with Crippen LogP contribution in [0.15, 0.2) is 18.2 Å². The molecule has 1 aromatic carbocycles. The number of benzene rings is 1. The van der Waals surface area contributed by atoms with Crippen LogP contribution in [0.3, 0.4) is 0 Å². The second-order valence-corrected chi connectivity index (χ2v) is 2.61. The van der Waals surface area contributed by atoms with E-state index in [-0.39, 0.29) is 11.1 Å². The van der Waals surface area contributed by atoms with Crippen molar-refractivity contribution in [3.63, 3.8) is 0 Å². The van der Waals surface area contributed by atoms with E-state index in [1.807, 2.05) is 13.8 Å². The fourth-order valence-electron chi connectivity index (χ4n) is 1.13. The molecule has 1 rings (SSSR count). The third-order valence-electron chi connectivity index (χ3n) is 1.72. The van der Waals surface area contributed by atoms with E-state index in [0.717, 1.165) is 0 Å². The maximum atomic E-state index is 10.7. The van der Waals surface area contributed by atoms with E-state index in [0.29, 0.717) is 5.56 Å². The summed E-state index contributed by atoms with van der Waals surface area (Å²) < 4.78 is 0. The molecule has 0 aliphatic rings. The van der Waals surface area contributed by atoms with Gasteiger partial charge in [-0.3, -0.25) is 0 Å². The van der Waals surface area contributed by atoms with Crippen LogP contribution in [0.4, 0.5) is 0 Å². The first-order valence-electron chi connectivity index (χ1n) is 4.60. The highest BCUT2D eigenvalue weighted by Crippen LogP contribution is 2.13. The predicted octanol–water partition coefficient (Wildman–Crippen LogP) is 2.42. The summed E-state index contributed by atoms with van der Waals surface area (Å²) in [6.07, 6.45) is 0. The Kier molecular flexibility index (Phi) is 5.09. The van der Waals surface area contributed by atoms with Crippen molar-refractivity contribution in [2.75, 3.05) is 0 Å². The number of rotatable bonds is 2. The van der Waals surface area contributed by atoms with Crippen molar-refractivity contribution in [2.45, 2.75) is 20.8 Å². The van der Waals surface area contributed by atoms with Crippen LogP contribution in [0.5, 0.6) is 0 Å². The van der Waals surface area contributed by atoms with Crippen LogP contribution < -0.4 is 0 Å². The Labute approximate surface area is 88.2 Å². The molecule has 4 nitrogen and oxygen atoms in total. The molecule has 0 aliphatic carbocycles. The van der Waals surface area contributed by atoms with Crippen LogP contribution in [0.1, 0.15) is 40.1 Å². The summed E-state index contributed by atoms with van der Waals surface area (Å²) in [5.41, 5.74) is 0.134. The predicted molar refractivity (Wildman–Crippen MR) is 56.4 cm³/mol. The lowest BCUT2D eigenvalue weighted by molar-refractivity contribution is 0.0651. The van der Waals surface area contributed by atoms with Crippen molar-refractivity contribution in [2.24, 2.45) is 0 Å². The SMILES string of the molecule is CC.Cc1cccc(C(=O)O)c1C(=O)O. The molecule has 0 heterocycles. The van der Waals surface area contributed by atoms with Gasteiger partial charge in [-0.1, -0.05) is 26.0 Å². The average molecular weight is 210 g/mol. The lowest BCUT2D eigenvalue weighted by atomic mass is 10.0. The quantitative estimate of drug-likeness (QED) is 0.786. The van der Waals surface area contributed by atoms with Gasteiger partial charge in [-0.05, 0) is 18.6 Å². The average Bonchev–Trinajstić information content (AvgIpc) is 2.19. The first kappa shape index (κ1) is 13.2. The molecule has 0 aromatic heterocycles. The topological polar surface area (TPSA) is 74.6 Å². The molecule has 4 heteroatoms. The Hall–Kier alpha value is -1.84. The highest BCUT2D eigenvalue weighted by molar-refractivity contribution is 6.02. The minimum atomic E-state index is -1.22. The van der Waals surface area contributed by atoms with Gasteiger partial charge < -0.3 is 10.2 Å². The normalized spacial score (nSPS) is 8.73. The van der Waals surface area contributed by atoms with Crippen LogP contribution in [-0.4, -0.2) is 22.2 Å². The number of hydrogen-bond acceptors (Lipinski definition) is 2. The fraction of sp³-hybridized carbons (Fsp3) is 0.273. The molecule has 0 spiro atoms. The van der Waals surface area contributed by atoms with Gasteiger partial charge in [0.2, 0.25) is 0 Å². The Balaban J connectivity index is 0.000000921. The molecular formula is C11H14O4. The maximum Gasteiger partial charge on any atom is 0.336 e. The van der Waals surface area contributed by atoms with E-state index >= 15 is 0 Å². The molecule has 2 N–H and O–H groups in total. The third kappa shape index (κ3) is 3.09. The van der Waals surface area contributed by atoms with Crippen molar-refractivity contribution in [1.29, 1.82) is 0 Å². The van der Waals surface area contributed by atoms with E-state index in [1.54, 1.807) is 13.0 Å². The summed E-state index contributed by atoms with van der Waals surface area (Å²) in [6, 6.07) is 4.36. The number of carboxylic acid groups (broad SMARTS) is 2. The number of carbonyl (C=O) groups is 2. The van der Waals surface area contributed by atoms with Gasteiger partial charge in [0.1, 0.15) is 0 Å². The van der Waals surface area contributed by atoms with Gasteiger partial charge >= 0.3 is 11.9 Å². The molecule has 1 aromatic rings. The smallest absolute Gasteiger partial charge is 0.336 e. The standard InChI is InChI=1S/C9H8O4.C2H6/c1-5-3-2-4-6(8(10)11)7(5)9(12)13;1-2/h2-4H,1H3,(H,10,11)(H,12,13);1-2H3. The minimum absolute atomic E-state index is 0.144. The Morgan fingerprint density at radius 2 is 1.60 bits per heavy atom. The van der Waals surface area contributed by atoms with Crippen LogP contribution in [0.25, 0.3) is 0 Å². The molecule has 0 saturated carbocycles. The number of aromatic carboxylic acids is 2. The maximum absolute atomic E-state index is 10.7. The van der Waals surface area contributed by atoms with Crippen molar-refractivity contribution >= 4 is 11.9 Å². The van der Waals surface area contributed by atoms with Gasteiger partial charge in [0, 0.05) is 0 Å². The number of carboxylic acids is 2. The van der Waals surface area contributed by atoms with Gasteiger partial charge in [0.05, 0.1) is 11.1 Å². The van der Waals surface area contributed by atoms with Gasteiger partial charge in [0.25, 0.3) is 0 Å². The van der Waals surface area contributed by atoms with Crippen molar-refractivity contribution in [1.82, 2.24) is 0 Å². The second-order valence-electron chi connectivity index (χ2n) is 2.61.